The lowest BCUT2D eigenvalue weighted by Crippen LogP contribution is -2.46. The highest BCUT2D eigenvalue weighted by molar-refractivity contribution is 5.87. The van der Waals surface area contributed by atoms with Gasteiger partial charge in [-0.2, -0.15) is 0 Å². The summed E-state index contributed by atoms with van der Waals surface area (Å²) in [6.45, 7) is 6.71. The molecule has 1 fully saturated rings. The van der Waals surface area contributed by atoms with Crippen molar-refractivity contribution in [2.75, 3.05) is 51.9 Å². The van der Waals surface area contributed by atoms with Crippen LogP contribution in [0.15, 0.2) is 66.7 Å². The van der Waals surface area contributed by atoms with Crippen LogP contribution in [0.5, 0.6) is 11.5 Å². The molecule has 41 heavy (non-hydrogen) atoms. The molecule has 0 bridgehead atoms. The number of para-hydroxylation sites is 3. The first-order valence-corrected chi connectivity index (χ1v) is 14.4. The van der Waals surface area contributed by atoms with Crippen LogP contribution in [0.3, 0.4) is 0 Å². The smallest absolute Gasteiger partial charge is 0.323 e. The Morgan fingerprint density at radius 2 is 1.68 bits per heavy atom. The Hall–Kier alpha value is -4.01. The first-order valence-electron chi connectivity index (χ1n) is 14.4. The molecule has 214 valence electrons. The summed E-state index contributed by atoms with van der Waals surface area (Å²) in [7, 11) is 3.45. The van der Waals surface area contributed by atoms with Crippen LogP contribution in [0.1, 0.15) is 35.3 Å². The SMILES string of the molecule is CCOC(=O)[C@H]1Cc2c([nH]c3ccccc23)[C@@H](c2ccc(OC)c(CN3CCN(c4ccccc4OC)CC3)c2)N1. The van der Waals surface area contributed by atoms with Crippen molar-refractivity contribution in [3.05, 3.63) is 89.1 Å². The number of piperazine rings is 1. The third-order valence-corrected chi connectivity index (χ3v) is 8.31. The monoisotopic (exact) mass is 554 g/mol. The fourth-order valence-corrected chi connectivity index (χ4v) is 6.27. The second-order valence-corrected chi connectivity index (χ2v) is 10.7. The van der Waals surface area contributed by atoms with Crippen LogP contribution in [-0.2, 0) is 22.5 Å². The summed E-state index contributed by atoms with van der Waals surface area (Å²) in [5.74, 6) is 1.57. The van der Waals surface area contributed by atoms with Crippen molar-refractivity contribution < 1.29 is 19.0 Å². The summed E-state index contributed by atoms with van der Waals surface area (Å²) < 4.78 is 16.8. The van der Waals surface area contributed by atoms with Crippen molar-refractivity contribution in [2.24, 2.45) is 0 Å². The number of esters is 1. The maximum atomic E-state index is 12.9. The summed E-state index contributed by atoms with van der Waals surface area (Å²) in [5.41, 5.74) is 6.72. The number of aromatic nitrogens is 1. The first-order chi connectivity index (χ1) is 20.1. The minimum absolute atomic E-state index is 0.174. The molecule has 8 nitrogen and oxygen atoms in total. The van der Waals surface area contributed by atoms with Gasteiger partial charge in [0.15, 0.2) is 0 Å². The van der Waals surface area contributed by atoms with Crippen molar-refractivity contribution in [2.45, 2.75) is 32.0 Å². The number of ether oxygens (including phenoxy) is 3. The number of hydrogen-bond donors (Lipinski definition) is 2. The van der Waals surface area contributed by atoms with Crippen LogP contribution in [0.2, 0.25) is 0 Å². The van der Waals surface area contributed by atoms with Gasteiger partial charge in [-0.25, -0.2) is 0 Å². The molecule has 3 heterocycles. The van der Waals surface area contributed by atoms with Crippen LogP contribution in [0, 0.1) is 0 Å². The van der Waals surface area contributed by atoms with Crippen molar-refractivity contribution in [1.82, 2.24) is 15.2 Å². The van der Waals surface area contributed by atoms with Gasteiger partial charge in [-0.05, 0) is 48.4 Å². The van der Waals surface area contributed by atoms with E-state index in [0.29, 0.717) is 13.0 Å². The molecule has 2 atom stereocenters. The summed E-state index contributed by atoms with van der Waals surface area (Å²) in [6, 6.07) is 22.3. The van der Waals surface area contributed by atoms with Crippen molar-refractivity contribution >= 4 is 22.6 Å². The van der Waals surface area contributed by atoms with Crippen molar-refractivity contribution in [3.63, 3.8) is 0 Å². The van der Waals surface area contributed by atoms with Gasteiger partial charge >= 0.3 is 5.97 Å². The van der Waals surface area contributed by atoms with E-state index in [4.69, 9.17) is 14.2 Å². The minimum atomic E-state index is -0.416. The zero-order chi connectivity index (χ0) is 28.3. The standard InChI is InChI=1S/C33H38N4O4/c1-4-41-33(38)27-20-25-24-9-5-6-10-26(24)34-32(25)31(35-27)22-13-14-29(39-2)23(19-22)21-36-15-17-37(18-16-36)28-11-7-8-12-30(28)40-3/h5-14,19,27,31,34-35H,4,15-18,20-21H2,1-3H3/t27-,31-/m1/s1. The molecule has 0 spiro atoms. The quantitative estimate of drug-likeness (QED) is 0.307. The largest absolute Gasteiger partial charge is 0.496 e. The molecule has 0 saturated carbocycles. The van der Waals surface area contributed by atoms with Gasteiger partial charge in [-0.1, -0.05) is 36.4 Å². The van der Waals surface area contributed by atoms with Crippen molar-refractivity contribution in [3.8, 4) is 11.5 Å². The first kappa shape index (κ1) is 27.2. The van der Waals surface area contributed by atoms with E-state index < -0.39 is 6.04 Å². The molecule has 6 rings (SSSR count). The van der Waals surface area contributed by atoms with Gasteiger partial charge in [0, 0.05) is 61.3 Å². The molecule has 4 aromatic rings. The number of benzene rings is 3. The number of aromatic amines is 1. The second kappa shape index (κ2) is 11.8. The van der Waals surface area contributed by atoms with E-state index in [1.165, 1.54) is 5.56 Å². The lowest BCUT2D eigenvalue weighted by Gasteiger charge is -2.37. The highest BCUT2D eigenvalue weighted by Gasteiger charge is 2.35. The van der Waals surface area contributed by atoms with Crippen LogP contribution in [0.25, 0.3) is 10.9 Å². The number of fused-ring (bicyclic) bond motifs is 3. The summed E-state index contributed by atoms with van der Waals surface area (Å²) in [4.78, 5) is 21.4. The van der Waals surface area contributed by atoms with Gasteiger partial charge in [0.1, 0.15) is 17.5 Å². The van der Waals surface area contributed by atoms with Crippen LogP contribution < -0.4 is 19.7 Å². The minimum Gasteiger partial charge on any atom is -0.496 e. The van der Waals surface area contributed by atoms with Gasteiger partial charge < -0.3 is 24.1 Å². The molecule has 0 radical (unpaired) electrons. The zero-order valence-electron chi connectivity index (χ0n) is 24.0. The third-order valence-electron chi connectivity index (χ3n) is 8.31. The molecule has 0 amide bonds. The summed E-state index contributed by atoms with van der Waals surface area (Å²) >= 11 is 0. The highest BCUT2D eigenvalue weighted by atomic mass is 16.5. The normalized spacial score (nSPS) is 19.1. The molecule has 0 unspecified atom stereocenters. The Balaban J connectivity index is 1.26. The number of carbonyl (C=O) groups is 1. The van der Waals surface area contributed by atoms with Crippen LogP contribution >= 0.6 is 0 Å². The molecule has 1 saturated heterocycles. The Morgan fingerprint density at radius 1 is 0.927 bits per heavy atom. The molecule has 2 aliphatic rings. The average molecular weight is 555 g/mol. The van der Waals surface area contributed by atoms with Gasteiger partial charge in [0.05, 0.1) is 32.6 Å². The molecule has 8 heteroatoms. The van der Waals surface area contributed by atoms with E-state index in [0.717, 1.165) is 77.6 Å². The number of anilines is 1. The van der Waals surface area contributed by atoms with E-state index in [9.17, 15) is 4.79 Å². The third kappa shape index (κ3) is 5.37. The van der Waals surface area contributed by atoms with Crippen LogP contribution in [-0.4, -0.2) is 68.9 Å². The Bertz CT molecular complexity index is 1520. The highest BCUT2D eigenvalue weighted by Crippen LogP contribution is 2.37. The van der Waals surface area contributed by atoms with E-state index in [1.54, 1.807) is 14.2 Å². The Labute approximate surface area is 241 Å². The number of carbonyl (C=O) groups excluding carboxylic acids is 1. The number of rotatable bonds is 8. The number of methoxy groups -OCH3 is 2. The van der Waals surface area contributed by atoms with E-state index in [-0.39, 0.29) is 12.0 Å². The zero-order valence-corrected chi connectivity index (χ0v) is 24.0. The average Bonchev–Trinajstić information content (AvgIpc) is 3.40. The maximum Gasteiger partial charge on any atom is 0.323 e. The van der Waals surface area contributed by atoms with Gasteiger partial charge in [0.25, 0.3) is 0 Å². The predicted molar refractivity (Wildman–Crippen MR) is 161 cm³/mol. The topological polar surface area (TPSA) is 79.1 Å². The van der Waals surface area contributed by atoms with Gasteiger partial charge in [0.2, 0.25) is 0 Å². The van der Waals surface area contributed by atoms with E-state index >= 15 is 0 Å². The number of hydrogen-bond acceptors (Lipinski definition) is 7. The fourth-order valence-electron chi connectivity index (χ4n) is 6.27. The lowest BCUT2D eigenvalue weighted by atomic mass is 9.89. The number of H-pyrrole nitrogens is 1. The number of nitrogens with zero attached hydrogens (tertiary/aromatic N) is 2. The lowest BCUT2D eigenvalue weighted by molar-refractivity contribution is -0.146. The molecular weight excluding hydrogens is 516 g/mol. The number of nitrogens with one attached hydrogen (secondary N) is 2. The molecule has 1 aromatic heterocycles. The van der Waals surface area contributed by atoms with E-state index in [1.807, 2.05) is 37.3 Å². The predicted octanol–water partition coefficient (Wildman–Crippen LogP) is 4.67. The molecular formula is C33H38N4O4. The summed E-state index contributed by atoms with van der Waals surface area (Å²) in [5, 5.41) is 4.75. The van der Waals surface area contributed by atoms with Gasteiger partial charge in [-0.15, -0.1) is 0 Å². The fraction of sp³-hybridized carbons (Fsp3) is 0.364. The Morgan fingerprint density at radius 3 is 2.46 bits per heavy atom. The van der Waals surface area contributed by atoms with Crippen LogP contribution in [0.4, 0.5) is 5.69 Å². The molecule has 0 aliphatic carbocycles. The van der Waals surface area contributed by atoms with E-state index in [2.05, 4.69) is 56.5 Å². The molecule has 3 aromatic carbocycles. The second-order valence-electron chi connectivity index (χ2n) is 10.7. The maximum absolute atomic E-state index is 12.9. The molecule has 2 N–H and O–H groups in total. The Kier molecular flexibility index (Phi) is 7.85. The summed E-state index contributed by atoms with van der Waals surface area (Å²) in [6.07, 6.45) is 0.591. The van der Waals surface area contributed by atoms with Crippen molar-refractivity contribution in [1.29, 1.82) is 0 Å². The van der Waals surface area contributed by atoms with Gasteiger partial charge in [-0.3, -0.25) is 15.0 Å². The molecule has 2 aliphatic heterocycles.